The third-order valence-corrected chi connectivity index (χ3v) is 3.31. The van der Waals surface area contributed by atoms with Gasteiger partial charge >= 0.3 is 0 Å². The zero-order chi connectivity index (χ0) is 12.4. The lowest BCUT2D eigenvalue weighted by Gasteiger charge is -1.99. The molecule has 0 aliphatic rings. The molecule has 0 aliphatic heterocycles. The van der Waals surface area contributed by atoms with Gasteiger partial charge in [0.25, 0.3) is 0 Å². The zero-order valence-electron chi connectivity index (χ0n) is 9.64. The first-order chi connectivity index (χ1) is 8.17. The Morgan fingerprint density at radius 2 is 2.00 bits per heavy atom. The first-order valence-corrected chi connectivity index (χ1v) is 6.27. The Balaban J connectivity index is 2.53. The summed E-state index contributed by atoms with van der Waals surface area (Å²) in [6.07, 6.45) is 2.02. The number of hydrogen-bond acceptors (Lipinski definition) is 4. The van der Waals surface area contributed by atoms with Gasteiger partial charge in [-0.05, 0) is 18.4 Å². The van der Waals surface area contributed by atoms with Gasteiger partial charge in [-0.2, -0.15) is 10.4 Å². The van der Waals surface area contributed by atoms with Crippen LogP contribution < -0.4 is 5.73 Å². The molecule has 0 saturated carbocycles. The summed E-state index contributed by atoms with van der Waals surface area (Å²) in [5.41, 5.74) is 7.76. The van der Waals surface area contributed by atoms with Crippen LogP contribution in [0.1, 0.15) is 5.56 Å². The van der Waals surface area contributed by atoms with E-state index in [2.05, 4.69) is 11.2 Å². The van der Waals surface area contributed by atoms with Gasteiger partial charge in [-0.15, -0.1) is 11.8 Å². The van der Waals surface area contributed by atoms with E-state index in [1.54, 1.807) is 18.8 Å². The van der Waals surface area contributed by atoms with E-state index in [9.17, 15) is 0 Å². The second-order valence-corrected chi connectivity index (χ2v) is 4.45. The molecule has 0 radical (unpaired) electrons. The normalized spacial score (nSPS) is 10.2. The predicted octanol–water partition coefficient (Wildman–Crippen LogP) is 2.26. The number of thioether (sulfide) groups is 1. The van der Waals surface area contributed by atoms with Crippen LogP contribution in [0.15, 0.2) is 29.2 Å². The standard InChI is InChI=1S/C12H12N4S/c1-16-12(14)10(7-13)11(15-16)8-3-5-9(17-2)6-4-8/h3-6H,14H2,1-2H3. The van der Waals surface area contributed by atoms with E-state index in [1.165, 1.54) is 9.58 Å². The van der Waals surface area contributed by atoms with Crippen molar-refractivity contribution in [2.75, 3.05) is 12.0 Å². The highest BCUT2D eigenvalue weighted by Crippen LogP contribution is 2.27. The van der Waals surface area contributed by atoms with E-state index < -0.39 is 0 Å². The van der Waals surface area contributed by atoms with Crippen molar-refractivity contribution in [1.82, 2.24) is 9.78 Å². The molecule has 2 aromatic rings. The third-order valence-electron chi connectivity index (χ3n) is 2.57. The van der Waals surface area contributed by atoms with Gasteiger partial charge in [-0.25, -0.2) is 0 Å². The molecule has 0 bridgehead atoms. The molecule has 0 fully saturated rings. The van der Waals surface area contributed by atoms with Gasteiger partial charge in [0.15, 0.2) is 0 Å². The maximum atomic E-state index is 9.09. The van der Waals surface area contributed by atoms with Gasteiger partial charge < -0.3 is 5.73 Å². The van der Waals surface area contributed by atoms with Gasteiger partial charge in [0, 0.05) is 17.5 Å². The monoisotopic (exact) mass is 244 g/mol. The Bertz CT molecular complexity index is 578. The first-order valence-electron chi connectivity index (χ1n) is 5.04. The highest BCUT2D eigenvalue weighted by molar-refractivity contribution is 7.98. The molecule has 1 heterocycles. The maximum absolute atomic E-state index is 9.09. The lowest BCUT2D eigenvalue weighted by Crippen LogP contribution is -1.97. The van der Waals surface area contributed by atoms with Gasteiger partial charge in [0.2, 0.25) is 0 Å². The van der Waals surface area contributed by atoms with Gasteiger partial charge in [-0.1, -0.05) is 12.1 Å². The Kier molecular flexibility index (Phi) is 3.07. The van der Waals surface area contributed by atoms with Crippen molar-refractivity contribution in [3.05, 3.63) is 29.8 Å². The number of anilines is 1. The quantitative estimate of drug-likeness (QED) is 0.823. The molecular formula is C12H12N4S. The summed E-state index contributed by atoms with van der Waals surface area (Å²) in [5.74, 6) is 0.399. The van der Waals surface area contributed by atoms with Crippen LogP contribution in [-0.2, 0) is 7.05 Å². The SMILES string of the molecule is CSc1ccc(-c2nn(C)c(N)c2C#N)cc1. The number of nitrogens with two attached hydrogens (primary N) is 1. The highest BCUT2D eigenvalue weighted by Gasteiger charge is 2.14. The summed E-state index contributed by atoms with van der Waals surface area (Å²) in [7, 11) is 1.73. The minimum Gasteiger partial charge on any atom is -0.383 e. The molecule has 0 amide bonds. The van der Waals surface area contributed by atoms with Crippen LogP contribution >= 0.6 is 11.8 Å². The summed E-state index contributed by atoms with van der Waals surface area (Å²) < 4.78 is 1.52. The van der Waals surface area contributed by atoms with Gasteiger partial charge in [0.05, 0.1) is 0 Å². The van der Waals surface area contributed by atoms with Crippen molar-refractivity contribution in [3.8, 4) is 17.3 Å². The van der Waals surface area contributed by atoms with E-state index in [4.69, 9.17) is 11.0 Å². The molecule has 0 unspecified atom stereocenters. The molecule has 0 atom stereocenters. The number of aryl methyl sites for hydroxylation is 1. The molecule has 17 heavy (non-hydrogen) atoms. The summed E-state index contributed by atoms with van der Waals surface area (Å²) in [4.78, 5) is 1.18. The highest BCUT2D eigenvalue weighted by atomic mass is 32.2. The van der Waals surface area contributed by atoms with Crippen molar-refractivity contribution in [2.45, 2.75) is 4.90 Å². The topological polar surface area (TPSA) is 67.6 Å². The molecule has 0 aliphatic carbocycles. The summed E-state index contributed by atoms with van der Waals surface area (Å²) in [6.45, 7) is 0. The number of aromatic nitrogens is 2. The number of hydrogen-bond donors (Lipinski definition) is 1. The summed E-state index contributed by atoms with van der Waals surface area (Å²) in [6, 6.07) is 10.0. The average Bonchev–Trinajstić information content (AvgIpc) is 2.65. The summed E-state index contributed by atoms with van der Waals surface area (Å²) in [5, 5.41) is 13.4. The molecule has 2 rings (SSSR count). The molecule has 5 heteroatoms. The number of nitrogens with zero attached hydrogens (tertiary/aromatic N) is 3. The predicted molar refractivity (Wildman–Crippen MR) is 69.6 cm³/mol. The van der Waals surface area contributed by atoms with E-state index in [0.717, 1.165) is 5.56 Å². The minimum atomic E-state index is 0.399. The Labute approximate surface area is 104 Å². The zero-order valence-corrected chi connectivity index (χ0v) is 10.5. The summed E-state index contributed by atoms with van der Waals surface area (Å²) >= 11 is 1.68. The fourth-order valence-electron chi connectivity index (χ4n) is 1.60. The molecule has 0 saturated heterocycles. The second kappa shape index (κ2) is 4.52. The second-order valence-electron chi connectivity index (χ2n) is 3.57. The molecular weight excluding hydrogens is 232 g/mol. The van der Waals surface area contributed by atoms with Gasteiger partial charge in [-0.3, -0.25) is 4.68 Å². The van der Waals surface area contributed by atoms with E-state index >= 15 is 0 Å². The van der Waals surface area contributed by atoms with Gasteiger partial charge in [0.1, 0.15) is 23.1 Å². The maximum Gasteiger partial charge on any atom is 0.140 e. The van der Waals surface area contributed by atoms with E-state index in [-0.39, 0.29) is 0 Å². The lowest BCUT2D eigenvalue weighted by atomic mass is 10.1. The van der Waals surface area contributed by atoms with Crippen LogP contribution in [0, 0.1) is 11.3 Å². The van der Waals surface area contributed by atoms with E-state index in [1.807, 2.05) is 30.5 Å². The fourth-order valence-corrected chi connectivity index (χ4v) is 2.01. The molecule has 1 aromatic carbocycles. The molecule has 0 spiro atoms. The number of nitrogen functional groups attached to an aromatic ring is 1. The Hall–Kier alpha value is -1.93. The Morgan fingerprint density at radius 3 is 2.53 bits per heavy atom. The third kappa shape index (κ3) is 1.99. The van der Waals surface area contributed by atoms with Crippen molar-refractivity contribution in [2.24, 2.45) is 7.05 Å². The first kappa shape index (κ1) is 11.6. The number of rotatable bonds is 2. The smallest absolute Gasteiger partial charge is 0.140 e. The van der Waals surface area contributed by atoms with Crippen molar-refractivity contribution in [1.29, 1.82) is 5.26 Å². The molecule has 2 N–H and O–H groups in total. The number of benzene rings is 1. The van der Waals surface area contributed by atoms with Crippen LogP contribution in [0.5, 0.6) is 0 Å². The average molecular weight is 244 g/mol. The van der Waals surface area contributed by atoms with Crippen LogP contribution in [0.4, 0.5) is 5.82 Å². The Morgan fingerprint density at radius 1 is 1.35 bits per heavy atom. The van der Waals surface area contributed by atoms with Crippen LogP contribution in [0.2, 0.25) is 0 Å². The fraction of sp³-hybridized carbons (Fsp3) is 0.167. The van der Waals surface area contributed by atoms with Crippen molar-refractivity contribution >= 4 is 17.6 Å². The van der Waals surface area contributed by atoms with Crippen molar-refractivity contribution in [3.63, 3.8) is 0 Å². The molecule has 4 nitrogen and oxygen atoms in total. The lowest BCUT2D eigenvalue weighted by molar-refractivity contribution is 0.782. The van der Waals surface area contributed by atoms with E-state index in [0.29, 0.717) is 17.1 Å². The largest absolute Gasteiger partial charge is 0.383 e. The van der Waals surface area contributed by atoms with Crippen LogP contribution in [-0.4, -0.2) is 16.0 Å². The molecule has 1 aromatic heterocycles. The van der Waals surface area contributed by atoms with Crippen molar-refractivity contribution < 1.29 is 0 Å². The number of nitriles is 1. The molecule has 86 valence electrons. The van der Waals surface area contributed by atoms with Crippen LogP contribution in [0.3, 0.4) is 0 Å². The van der Waals surface area contributed by atoms with Crippen LogP contribution in [0.25, 0.3) is 11.3 Å². The minimum absolute atomic E-state index is 0.399.